The molecule has 0 aromatic carbocycles. The number of esters is 1. The van der Waals surface area contributed by atoms with Crippen LogP contribution < -0.4 is 10.6 Å². The minimum atomic E-state index is -0.847. The molecule has 3 heterocycles. The van der Waals surface area contributed by atoms with Crippen LogP contribution in [0.5, 0.6) is 0 Å². The minimum Gasteiger partial charge on any atom is -0.467 e. The molecular formula is C24H30N8O4. The van der Waals surface area contributed by atoms with Gasteiger partial charge in [-0.2, -0.15) is 0 Å². The number of rotatable bonds is 12. The average molecular weight is 495 g/mol. The highest BCUT2D eigenvalue weighted by Crippen LogP contribution is 2.10. The summed E-state index contributed by atoms with van der Waals surface area (Å²) < 4.78 is 5.99. The van der Waals surface area contributed by atoms with Gasteiger partial charge < -0.3 is 15.4 Å². The molecule has 0 saturated heterocycles. The standard InChI is InChI=1S/C24H30N8O4/c1-17(23(34)28-18(2)24(35)36-3)27-22(33)16-32-15-21(29-30-32)14-31(12-19-8-4-6-10-25-19)13-20-9-5-7-11-26-20/h4-11,15,17-18H,12-14,16H2,1-3H3,(H,27,33)(H,28,34)/t17-,18-/m1/s1. The molecule has 0 aliphatic heterocycles. The zero-order valence-corrected chi connectivity index (χ0v) is 20.5. The van der Waals surface area contributed by atoms with Crippen LogP contribution in [0.25, 0.3) is 0 Å². The summed E-state index contributed by atoms with van der Waals surface area (Å²) in [5.41, 5.74) is 2.50. The van der Waals surface area contributed by atoms with E-state index in [1.165, 1.54) is 25.6 Å². The number of nitrogens with one attached hydrogen (secondary N) is 2. The van der Waals surface area contributed by atoms with Crippen LogP contribution in [0.2, 0.25) is 0 Å². The van der Waals surface area contributed by atoms with E-state index in [0.717, 1.165) is 11.4 Å². The summed E-state index contributed by atoms with van der Waals surface area (Å²) in [6.07, 6.45) is 5.19. The second-order valence-corrected chi connectivity index (χ2v) is 8.24. The van der Waals surface area contributed by atoms with Crippen LogP contribution >= 0.6 is 0 Å². The van der Waals surface area contributed by atoms with Crippen LogP contribution in [-0.4, -0.2) is 66.8 Å². The number of carbonyl (C=O) groups excluding carboxylic acids is 3. The van der Waals surface area contributed by atoms with Gasteiger partial charge in [0, 0.05) is 32.0 Å². The fourth-order valence-electron chi connectivity index (χ4n) is 3.40. The Bertz CT molecular complexity index is 1100. The zero-order chi connectivity index (χ0) is 25.9. The second kappa shape index (κ2) is 13.0. The number of amides is 2. The molecule has 0 unspecified atom stereocenters. The number of hydrogen-bond acceptors (Lipinski definition) is 9. The van der Waals surface area contributed by atoms with Gasteiger partial charge in [0.2, 0.25) is 11.8 Å². The van der Waals surface area contributed by atoms with E-state index in [1.807, 2.05) is 36.4 Å². The van der Waals surface area contributed by atoms with Crippen molar-refractivity contribution in [2.24, 2.45) is 0 Å². The minimum absolute atomic E-state index is 0.113. The summed E-state index contributed by atoms with van der Waals surface area (Å²) in [6.45, 7) is 4.55. The molecule has 0 bridgehead atoms. The number of methoxy groups -OCH3 is 1. The SMILES string of the molecule is COC(=O)[C@@H](C)NC(=O)[C@@H](C)NC(=O)Cn1cc(CN(Cc2ccccn2)Cc2ccccn2)nn1. The lowest BCUT2D eigenvalue weighted by atomic mass is 10.2. The Balaban J connectivity index is 1.57. The molecule has 2 atom stereocenters. The predicted octanol–water partition coefficient (Wildman–Crippen LogP) is 0.453. The number of carbonyl (C=O) groups is 3. The van der Waals surface area contributed by atoms with E-state index in [1.54, 1.807) is 18.6 Å². The van der Waals surface area contributed by atoms with Crippen molar-refractivity contribution in [3.05, 3.63) is 72.1 Å². The fourth-order valence-corrected chi connectivity index (χ4v) is 3.40. The molecule has 3 aromatic heterocycles. The predicted molar refractivity (Wildman–Crippen MR) is 129 cm³/mol. The van der Waals surface area contributed by atoms with Gasteiger partial charge in [0.15, 0.2) is 0 Å². The Morgan fingerprint density at radius 2 is 1.53 bits per heavy atom. The molecular weight excluding hydrogens is 464 g/mol. The first kappa shape index (κ1) is 26.4. The molecule has 190 valence electrons. The first-order valence-corrected chi connectivity index (χ1v) is 11.4. The van der Waals surface area contributed by atoms with E-state index in [2.05, 4.69) is 40.6 Å². The topological polar surface area (TPSA) is 144 Å². The lowest BCUT2D eigenvalue weighted by Gasteiger charge is -2.20. The largest absolute Gasteiger partial charge is 0.467 e. The van der Waals surface area contributed by atoms with Crippen molar-refractivity contribution in [3.8, 4) is 0 Å². The third-order valence-corrected chi connectivity index (χ3v) is 5.19. The molecule has 0 fully saturated rings. The van der Waals surface area contributed by atoms with Crippen LogP contribution in [0.4, 0.5) is 0 Å². The molecule has 36 heavy (non-hydrogen) atoms. The molecule has 12 heteroatoms. The van der Waals surface area contributed by atoms with Gasteiger partial charge in [0.1, 0.15) is 18.6 Å². The molecule has 0 aliphatic carbocycles. The number of pyridine rings is 2. The summed E-state index contributed by atoms with van der Waals surface area (Å²) in [5.74, 6) is -1.49. The molecule has 0 spiro atoms. The zero-order valence-electron chi connectivity index (χ0n) is 20.5. The number of nitrogens with zero attached hydrogens (tertiary/aromatic N) is 6. The highest BCUT2D eigenvalue weighted by molar-refractivity contribution is 5.90. The molecule has 0 aliphatic rings. The maximum Gasteiger partial charge on any atom is 0.328 e. The molecule has 0 radical (unpaired) electrons. The maximum atomic E-state index is 12.4. The van der Waals surface area contributed by atoms with Crippen molar-refractivity contribution >= 4 is 17.8 Å². The average Bonchev–Trinajstić information content (AvgIpc) is 3.30. The summed E-state index contributed by atoms with van der Waals surface area (Å²) in [4.78, 5) is 47.0. The van der Waals surface area contributed by atoms with E-state index in [0.29, 0.717) is 25.3 Å². The lowest BCUT2D eigenvalue weighted by molar-refractivity contribution is -0.144. The molecule has 12 nitrogen and oxygen atoms in total. The van der Waals surface area contributed by atoms with Gasteiger partial charge in [-0.15, -0.1) is 5.10 Å². The first-order chi connectivity index (χ1) is 17.3. The first-order valence-electron chi connectivity index (χ1n) is 11.4. The molecule has 3 rings (SSSR count). The van der Waals surface area contributed by atoms with E-state index in [4.69, 9.17) is 0 Å². The molecule has 3 aromatic rings. The smallest absolute Gasteiger partial charge is 0.328 e. The number of ether oxygens (including phenoxy) is 1. The van der Waals surface area contributed by atoms with Gasteiger partial charge in [-0.05, 0) is 38.1 Å². The van der Waals surface area contributed by atoms with E-state index < -0.39 is 29.9 Å². The van der Waals surface area contributed by atoms with Crippen LogP contribution in [-0.2, 0) is 45.3 Å². The van der Waals surface area contributed by atoms with Gasteiger partial charge in [-0.3, -0.25) is 24.5 Å². The molecule has 2 N–H and O–H groups in total. The summed E-state index contributed by atoms with van der Waals surface area (Å²) in [6, 6.07) is 9.85. The van der Waals surface area contributed by atoms with Crippen LogP contribution in [0, 0.1) is 0 Å². The van der Waals surface area contributed by atoms with Crippen molar-refractivity contribution in [2.45, 2.75) is 52.1 Å². The van der Waals surface area contributed by atoms with Crippen molar-refractivity contribution in [3.63, 3.8) is 0 Å². The Morgan fingerprint density at radius 1 is 0.917 bits per heavy atom. The van der Waals surface area contributed by atoms with E-state index >= 15 is 0 Å². The number of aromatic nitrogens is 5. The van der Waals surface area contributed by atoms with Crippen molar-refractivity contribution in [2.75, 3.05) is 7.11 Å². The normalized spacial score (nSPS) is 12.6. The van der Waals surface area contributed by atoms with E-state index in [9.17, 15) is 14.4 Å². The van der Waals surface area contributed by atoms with Gasteiger partial charge in [0.05, 0.1) is 30.4 Å². The highest BCUT2D eigenvalue weighted by Gasteiger charge is 2.21. The Hall–Kier alpha value is -4.19. The molecule has 0 saturated carbocycles. The Kier molecular flexibility index (Phi) is 9.57. The van der Waals surface area contributed by atoms with E-state index in [-0.39, 0.29) is 6.54 Å². The van der Waals surface area contributed by atoms with Gasteiger partial charge in [-0.1, -0.05) is 17.3 Å². The van der Waals surface area contributed by atoms with Gasteiger partial charge in [-0.25, -0.2) is 9.48 Å². The van der Waals surface area contributed by atoms with Crippen LogP contribution in [0.1, 0.15) is 30.9 Å². The highest BCUT2D eigenvalue weighted by atomic mass is 16.5. The van der Waals surface area contributed by atoms with Crippen LogP contribution in [0.3, 0.4) is 0 Å². The third-order valence-electron chi connectivity index (χ3n) is 5.19. The van der Waals surface area contributed by atoms with Crippen LogP contribution in [0.15, 0.2) is 55.0 Å². The second-order valence-electron chi connectivity index (χ2n) is 8.24. The third kappa shape index (κ3) is 8.24. The quantitative estimate of drug-likeness (QED) is 0.343. The van der Waals surface area contributed by atoms with Crippen molar-refractivity contribution in [1.82, 2.24) is 40.5 Å². The summed E-state index contributed by atoms with van der Waals surface area (Å²) in [7, 11) is 1.24. The van der Waals surface area contributed by atoms with Gasteiger partial charge >= 0.3 is 5.97 Å². The van der Waals surface area contributed by atoms with Crippen molar-refractivity contribution in [1.29, 1.82) is 0 Å². The van der Waals surface area contributed by atoms with Crippen molar-refractivity contribution < 1.29 is 19.1 Å². The summed E-state index contributed by atoms with van der Waals surface area (Å²) >= 11 is 0. The monoisotopic (exact) mass is 494 g/mol. The number of hydrogen-bond donors (Lipinski definition) is 2. The molecule has 2 amide bonds. The summed E-state index contributed by atoms with van der Waals surface area (Å²) in [5, 5.41) is 13.3. The van der Waals surface area contributed by atoms with Gasteiger partial charge in [0.25, 0.3) is 0 Å². The fraction of sp³-hybridized carbons (Fsp3) is 0.375. The Morgan fingerprint density at radius 3 is 2.08 bits per heavy atom. The lowest BCUT2D eigenvalue weighted by Crippen LogP contribution is -2.50. The Labute approximate surface area is 209 Å². The maximum absolute atomic E-state index is 12.4.